The van der Waals surface area contributed by atoms with Gasteiger partial charge in [0.15, 0.2) is 5.78 Å². The molecule has 6 heteroatoms. The minimum absolute atomic E-state index is 0.0295. The number of piperidine rings is 1. The summed E-state index contributed by atoms with van der Waals surface area (Å²) in [6.45, 7) is 9.21. The van der Waals surface area contributed by atoms with Crippen molar-refractivity contribution in [3.8, 4) is 5.75 Å². The van der Waals surface area contributed by atoms with Crippen LogP contribution in [0, 0.1) is 6.92 Å². The lowest BCUT2D eigenvalue weighted by molar-refractivity contribution is 0.0984. The molecule has 2 aromatic carbocycles. The van der Waals surface area contributed by atoms with Crippen LogP contribution < -0.4 is 5.32 Å². The van der Waals surface area contributed by atoms with Crippen molar-refractivity contribution < 1.29 is 14.7 Å². The molecular formula is C31H41N3O3. The van der Waals surface area contributed by atoms with Crippen molar-refractivity contribution in [2.75, 3.05) is 18.4 Å². The van der Waals surface area contributed by atoms with Crippen LogP contribution in [-0.2, 0) is 13.1 Å². The van der Waals surface area contributed by atoms with Crippen molar-refractivity contribution in [2.45, 2.75) is 85.2 Å². The molecule has 6 nitrogen and oxygen atoms in total. The first-order chi connectivity index (χ1) is 18.0. The summed E-state index contributed by atoms with van der Waals surface area (Å²) in [6, 6.07) is 11.3. The van der Waals surface area contributed by atoms with Crippen LogP contribution in [0.5, 0.6) is 5.75 Å². The highest BCUT2D eigenvalue weighted by Crippen LogP contribution is 2.39. The van der Waals surface area contributed by atoms with Gasteiger partial charge < -0.3 is 15.0 Å². The lowest BCUT2D eigenvalue weighted by Crippen LogP contribution is -2.29. The van der Waals surface area contributed by atoms with Gasteiger partial charge in [0, 0.05) is 41.8 Å². The van der Waals surface area contributed by atoms with E-state index in [0.29, 0.717) is 29.7 Å². The average Bonchev–Trinajstić information content (AvgIpc) is 3.19. The fourth-order valence-corrected chi connectivity index (χ4v) is 5.58. The smallest absolute Gasteiger partial charge is 0.258 e. The summed E-state index contributed by atoms with van der Waals surface area (Å²) in [5, 5.41) is 15.3. The maximum absolute atomic E-state index is 13.8. The SMILES string of the molecule is CCCCCCn1c(C)c(C(=O)Nc2ccccc2)c2c(CN3CCCCC3)c(O)c(C(=O)CC)cc21. The predicted octanol–water partition coefficient (Wildman–Crippen LogP) is 7.07. The molecule has 2 N–H and O–H groups in total. The molecule has 1 saturated heterocycles. The fraction of sp³-hybridized carbons (Fsp3) is 0.484. The Bertz CT molecular complexity index is 1240. The molecule has 4 rings (SSSR count). The van der Waals surface area contributed by atoms with Gasteiger partial charge in [-0.05, 0) is 57.5 Å². The van der Waals surface area contributed by atoms with Gasteiger partial charge in [0.25, 0.3) is 5.91 Å². The minimum Gasteiger partial charge on any atom is -0.507 e. The van der Waals surface area contributed by atoms with Crippen LogP contribution in [0.15, 0.2) is 36.4 Å². The zero-order valence-electron chi connectivity index (χ0n) is 22.6. The van der Waals surface area contributed by atoms with Gasteiger partial charge >= 0.3 is 0 Å². The molecule has 37 heavy (non-hydrogen) atoms. The second kappa shape index (κ2) is 12.4. The Hall–Kier alpha value is -3.12. The number of unbranched alkanes of at least 4 members (excludes halogenated alkanes) is 3. The number of benzene rings is 2. The lowest BCUT2D eigenvalue weighted by atomic mass is 9.96. The number of nitrogens with one attached hydrogen (secondary N) is 1. The second-order valence-electron chi connectivity index (χ2n) is 10.3. The normalized spacial score (nSPS) is 14.2. The van der Waals surface area contributed by atoms with Crippen LogP contribution in [-0.4, -0.2) is 39.4 Å². The van der Waals surface area contributed by atoms with E-state index in [9.17, 15) is 14.7 Å². The van der Waals surface area contributed by atoms with Crippen molar-refractivity contribution in [3.63, 3.8) is 0 Å². The summed E-state index contributed by atoms with van der Waals surface area (Å²) < 4.78 is 2.19. The zero-order valence-corrected chi connectivity index (χ0v) is 22.6. The highest BCUT2D eigenvalue weighted by molar-refractivity contribution is 6.16. The standard InChI is InChI=1S/C31H41N3O3/c1-4-6-7-14-19-34-22(3)28(31(37)32-23-15-10-8-11-16-23)29-25(21-33-17-12-9-13-18-33)30(36)24(20-26(29)34)27(35)5-2/h8,10-11,15-16,20,36H,4-7,9,12-14,17-19,21H2,1-3H3,(H,32,37). The Morgan fingerprint density at radius 3 is 2.41 bits per heavy atom. The van der Waals surface area contributed by atoms with Crippen molar-refractivity contribution in [1.29, 1.82) is 0 Å². The van der Waals surface area contributed by atoms with Gasteiger partial charge in [-0.2, -0.15) is 0 Å². The fourth-order valence-electron chi connectivity index (χ4n) is 5.58. The first-order valence-electron chi connectivity index (χ1n) is 14.0. The van der Waals surface area contributed by atoms with Crippen molar-refractivity contribution >= 4 is 28.3 Å². The number of amides is 1. The third-order valence-electron chi connectivity index (χ3n) is 7.63. The number of anilines is 1. The number of rotatable bonds is 11. The van der Waals surface area contributed by atoms with Crippen molar-refractivity contribution in [3.05, 3.63) is 58.8 Å². The summed E-state index contributed by atoms with van der Waals surface area (Å²) >= 11 is 0. The number of phenols is 1. The number of carbonyl (C=O) groups is 2. The summed E-state index contributed by atoms with van der Waals surface area (Å²) in [5.74, 6) is -0.234. The molecule has 0 spiro atoms. The van der Waals surface area contributed by atoms with E-state index in [1.807, 2.05) is 50.2 Å². The van der Waals surface area contributed by atoms with Crippen molar-refractivity contribution in [1.82, 2.24) is 9.47 Å². The van der Waals surface area contributed by atoms with Crippen LogP contribution in [0.2, 0.25) is 0 Å². The maximum atomic E-state index is 13.8. The quantitative estimate of drug-likeness (QED) is 0.217. The number of likely N-dealkylation sites (tertiary alicyclic amines) is 1. The number of carbonyl (C=O) groups excluding carboxylic acids is 2. The molecule has 1 aromatic heterocycles. The summed E-state index contributed by atoms with van der Waals surface area (Å²) in [6.07, 6.45) is 8.20. The monoisotopic (exact) mass is 503 g/mol. The molecule has 1 amide bonds. The summed E-state index contributed by atoms with van der Waals surface area (Å²) in [4.78, 5) is 29.1. The van der Waals surface area contributed by atoms with E-state index in [1.165, 1.54) is 12.8 Å². The second-order valence-corrected chi connectivity index (χ2v) is 10.3. The molecular weight excluding hydrogens is 462 g/mol. The molecule has 0 bridgehead atoms. The van der Waals surface area contributed by atoms with Gasteiger partial charge in [-0.1, -0.05) is 57.7 Å². The predicted molar refractivity (Wildman–Crippen MR) is 151 cm³/mol. The number of ketones is 1. The molecule has 1 aliphatic heterocycles. The lowest BCUT2D eigenvalue weighted by Gasteiger charge is -2.27. The van der Waals surface area contributed by atoms with Gasteiger partial charge in [-0.25, -0.2) is 0 Å². The summed E-state index contributed by atoms with van der Waals surface area (Å²) in [7, 11) is 0. The van der Waals surface area contributed by atoms with Crippen LogP contribution >= 0.6 is 0 Å². The van der Waals surface area contributed by atoms with Crippen LogP contribution in [0.4, 0.5) is 5.69 Å². The number of nitrogens with zero attached hydrogens (tertiary/aromatic N) is 2. The van der Waals surface area contributed by atoms with Crippen LogP contribution in [0.25, 0.3) is 10.9 Å². The van der Waals surface area contributed by atoms with Gasteiger partial charge in [0.05, 0.1) is 16.6 Å². The van der Waals surface area contributed by atoms with Crippen LogP contribution in [0.3, 0.4) is 0 Å². The number of hydrogen-bond donors (Lipinski definition) is 2. The van der Waals surface area contributed by atoms with Gasteiger partial charge in [-0.15, -0.1) is 0 Å². The minimum atomic E-state index is -0.185. The number of fused-ring (bicyclic) bond motifs is 1. The molecule has 3 aromatic rings. The molecule has 1 fully saturated rings. The number of aryl methyl sites for hydroxylation is 1. The molecule has 2 heterocycles. The van der Waals surface area contributed by atoms with E-state index in [1.54, 1.807) is 0 Å². The first kappa shape index (κ1) is 26.9. The Kier molecular flexibility index (Phi) is 9.04. The Labute approximate surface area is 220 Å². The van der Waals surface area contributed by atoms with E-state index in [2.05, 4.69) is 21.7 Å². The first-order valence-corrected chi connectivity index (χ1v) is 14.0. The Balaban J connectivity index is 1.90. The molecule has 0 radical (unpaired) electrons. The van der Waals surface area contributed by atoms with Crippen LogP contribution in [0.1, 0.15) is 97.2 Å². The van der Waals surface area contributed by atoms with E-state index >= 15 is 0 Å². The average molecular weight is 504 g/mol. The van der Waals surface area contributed by atoms with E-state index in [-0.39, 0.29) is 17.4 Å². The number of Topliss-reactive ketones (excluding diaryl/α,β-unsaturated/α-hetero) is 1. The van der Waals surface area contributed by atoms with E-state index in [0.717, 1.165) is 74.0 Å². The maximum Gasteiger partial charge on any atom is 0.258 e. The van der Waals surface area contributed by atoms with Gasteiger partial charge in [0.1, 0.15) is 5.75 Å². The van der Waals surface area contributed by atoms with Gasteiger partial charge in [0.2, 0.25) is 0 Å². The molecule has 1 aliphatic rings. The number of para-hydroxylation sites is 1. The number of hydrogen-bond acceptors (Lipinski definition) is 4. The molecule has 0 atom stereocenters. The number of aromatic nitrogens is 1. The largest absolute Gasteiger partial charge is 0.507 e. The Morgan fingerprint density at radius 1 is 1.00 bits per heavy atom. The van der Waals surface area contributed by atoms with Gasteiger partial charge in [-0.3, -0.25) is 14.5 Å². The number of phenolic OH excluding ortho intramolecular Hbond substituents is 1. The molecule has 0 unspecified atom stereocenters. The number of aromatic hydroxyl groups is 1. The molecule has 0 saturated carbocycles. The van der Waals surface area contributed by atoms with Crippen molar-refractivity contribution in [2.24, 2.45) is 0 Å². The topological polar surface area (TPSA) is 74.6 Å². The highest BCUT2D eigenvalue weighted by Gasteiger charge is 2.28. The van der Waals surface area contributed by atoms with E-state index < -0.39 is 0 Å². The Morgan fingerprint density at radius 2 is 1.73 bits per heavy atom. The molecule has 0 aliphatic carbocycles. The van der Waals surface area contributed by atoms with E-state index in [4.69, 9.17) is 0 Å². The highest BCUT2D eigenvalue weighted by atomic mass is 16.3. The molecule has 198 valence electrons. The zero-order chi connectivity index (χ0) is 26.4. The third kappa shape index (κ3) is 5.90. The summed E-state index contributed by atoms with van der Waals surface area (Å²) in [5.41, 5.74) is 4.13. The third-order valence-corrected chi connectivity index (χ3v) is 7.63.